The summed E-state index contributed by atoms with van der Waals surface area (Å²) < 4.78 is 1.49. The molecule has 6 rings (SSSR count). The molecular formula is C27H19N5O3S. The number of nitrogens with one attached hydrogen (secondary N) is 1. The molecule has 8 nitrogen and oxygen atoms in total. The van der Waals surface area contributed by atoms with Crippen LogP contribution in [0.3, 0.4) is 0 Å². The van der Waals surface area contributed by atoms with Crippen molar-refractivity contribution in [2.45, 2.75) is 6.92 Å². The van der Waals surface area contributed by atoms with E-state index in [0.29, 0.717) is 27.7 Å². The van der Waals surface area contributed by atoms with Crippen LogP contribution in [0.5, 0.6) is 0 Å². The molecule has 0 saturated carbocycles. The van der Waals surface area contributed by atoms with Gasteiger partial charge in [-0.1, -0.05) is 77.6 Å². The zero-order valence-electron chi connectivity index (χ0n) is 19.1. The minimum atomic E-state index is -0.409. The molecule has 0 radical (unpaired) electrons. The van der Waals surface area contributed by atoms with Gasteiger partial charge in [0.15, 0.2) is 5.82 Å². The third-order valence-corrected chi connectivity index (χ3v) is 7.01. The molecule has 3 heterocycles. The Morgan fingerprint density at radius 3 is 2.42 bits per heavy atom. The minimum absolute atomic E-state index is 0.180. The van der Waals surface area contributed by atoms with E-state index in [2.05, 4.69) is 15.4 Å². The Morgan fingerprint density at radius 2 is 1.67 bits per heavy atom. The molecule has 9 heteroatoms. The maximum Gasteiger partial charge on any atom is 0.291 e. The van der Waals surface area contributed by atoms with E-state index in [4.69, 9.17) is 0 Å². The fraction of sp³-hybridized carbons (Fsp3) is 0.0741. The maximum atomic E-state index is 13.6. The summed E-state index contributed by atoms with van der Waals surface area (Å²) in [5.41, 5.74) is 3.57. The second-order valence-electron chi connectivity index (χ2n) is 8.43. The molecule has 0 atom stereocenters. The number of aromatic nitrogens is 3. The minimum Gasteiger partial charge on any atom is -0.325 e. The number of thiazole rings is 1. The number of anilines is 2. The fourth-order valence-electron chi connectivity index (χ4n) is 4.23. The number of fused-ring (bicyclic) bond motifs is 2. The second kappa shape index (κ2) is 8.54. The molecule has 36 heavy (non-hydrogen) atoms. The normalized spacial score (nSPS) is 14.4. The zero-order chi connectivity index (χ0) is 24.8. The van der Waals surface area contributed by atoms with Gasteiger partial charge in [-0.05, 0) is 25.1 Å². The van der Waals surface area contributed by atoms with Crippen LogP contribution in [0.2, 0.25) is 0 Å². The van der Waals surface area contributed by atoms with E-state index in [0.717, 1.165) is 22.5 Å². The first-order valence-corrected chi connectivity index (χ1v) is 12.1. The molecule has 3 aromatic carbocycles. The van der Waals surface area contributed by atoms with Gasteiger partial charge in [0.1, 0.15) is 11.1 Å². The number of hydrogen-bond donors (Lipinski definition) is 1. The summed E-state index contributed by atoms with van der Waals surface area (Å²) >= 11 is 1.12. The standard InChI is InChI=1S/C27H19N5O3S/c1-16-11-13-18(14-12-16)28-21(33)15-31-20-10-6-5-9-19(20)22(25(31)34)23-26(35)32-27(36-23)29-24(30-32)17-7-3-2-4-8-17/h2-14H,15H2,1H3,(H,28,33). The van der Waals surface area contributed by atoms with Gasteiger partial charge in [-0.3, -0.25) is 19.3 Å². The second-order valence-corrected chi connectivity index (χ2v) is 9.41. The highest BCUT2D eigenvalue weighted by Gasteiger charge is 2.35. The Hall–Kier alpha value is -4.63. The van der Waals surface area contributed by atoms with Gasteiger partial charge in [-0.2, -0.15) is 9.50 Å². The molecular weight excluding hydrogens is 474 g/mol. The number of carbonyl (C=O) groups excluding carboxylic acids is 2. The molecule has 0 aliphatic carbocycles. The topological polar surface area (TPSA) is 96.7 Å². The zero-order valence-corrected chi connectivity index (χ0v) is 20.0. The summed E-state index contributed by atoms with van der Waals surface area (Å²) in [5, 5.41) is 7.20. The van der Waals surface area contributed by atoms with Crippen molar-refractivity contribution in [1.82, 2.24) is 14.6 Å². The van der Waals surface area contributed by atoms with Gasteiger partial charge in [0.2, 0.25) is 10.9 Å². The molecule has 0 bridgehead atoms. The molecule has 176 valence electrons. The van der Waals surface area contributed by atoms with Crippen LogP contribution in [-0.2, 0) is 9.59 Å². The van der Waals surface area contributed by atoms with Crippen LogP contribution >= 0.6 is 11.3 Å². The monoisotopic (exact) mass is 493 g/mol. The van der Waals surface area contributed by atoms with Gasteiger partial charge >= 0.3 is 0 Å². The third-order valence-electron chi connectivity index (χ3n) is 5.98. The smallest absolute Gasteiger partial charge is 0.291 e. The summed E-state index contributed by atoms with van der Waals surface area (Å²) in [4.78, 5) is 46.0. The van der Waals surface area contributed by atoms with Crippen molar-refractivity contribution in [3.63, 3.8) is 0 Å². The van der Waals surface area contributed by atoms with Gasteiger partial charge in [0.05, 0.1) is 11.3 Å². The first-order valence-electron chi connectivity index (χ1n) is 11.3. The fourth-order valence-corrected chi connectivity index (χ4v) is 5.23. The third kappa shape index (κ3) is 3.66. The highest BCUT2D eigenvalue weighted by atomic mass is 32.1. The quantitative estimate of drug-likeness (QED) is 0.415. The Balaban J connectivity index is 1.39. The van der Waals surface area contributed by atoms with E-state index in [1.54, 1.807) is 24.3 Å². The van der Waals surface area contributed by atoms with Gasteiger partial charge < -0.3 is 5.32 Å². The molecule has 0 unspecified atom stereocenters. The predicted octanol–water partition coefficient (Wildman–Crippen LogP) is 3.03. The lowest BCUT2D eigenvalue weighted by atomic mass is 10.1. The molecule has 2 amide bonds. The number of aryl methyl sites for hydroxylation is 1. The molecule has 0 fully saturated rings. The average Bonchev–Trinajstić information content (AvgIpc) is 3.52. The molecule has 2 aromatic heterocycles. The van der Waals surface area contributed by atoms with Crippen molar-refractivity contribution in [3.8, 4) is 11.4 Å². The largest absolute Gasteiger partial charge is 0.325 e. The summed E-state index contributed by atoms with van der Waals surface area (Å²) in [6.07, 6.45) is 0. The molecule has 1 N–H and O–H groups in total. The van der Waals surface area contributed by atoms with Gasteiger partial charge in [-0.15, -0.1) is 5.10 Å². The maximum absolute atomic E-state index is 13.6. The van der Waals surface area contributed by atoms with E-state index in [1.807, 2.05) is 61.5 Å². The van der Waals surface area contributed by atoms with Crippen LogP contribution < -0.4 is 20.3 Å². The van der Waals surface area contributed by atoms with Crippen LogP contribution in [0.1, 0.15) is 11.1 Å². The number of rotatable bonds is 4. The molecule has 5 aromatic rings. The number of nitrogens with zero attached hydrogens (tertiary/aromatic N) is 4. The lowest BCUT2D eigenvalue weighted by Crippen LogP contribution is -2.37. The van der Waals surface area contributed by atoms with Gasteiger partial charge in [0.25, 0.3) is 11.5 Å². The van der Waals surface area contributed by atoms with Crippen LogP contribution in [0.25, 0.3) is 21.9 Å². The Morgan fingerprint density at radius 1 is 0.944 bits per heavy atom. The highest BCUT2D eigenvalue weighted by Crippen LogP contribution is 2.35. The summed E-state index contributed by atoms with van der Waals surface area (Å²) in [6, 6.07) is 24.0. The van der Waals surface area contributed by atoms with Crippen LogP contribution in [0.4, 0.5) is 11.4 Å². The molecule has 0 spiro atoms. The Labute approximate surface area is 209 Å². The average molecular weight is 494 g/mol. The van der Waals surface area contributed by atoms with E-state index in [-0.39, 0.29) is 22.6 Å². The number of carbonyl (C=O) groups is 2. The Kier molecular flexibility index (Phi) is 5.19. The number of benzene rings is 3. The Bertz CT molecular complexity index is 1760. The summed E-state index contributed by atoms with van der Waals surface area (Å²) in [5.74, 6) is -0.288. The van der Waals surface area contributed by atoms with Crippen LogP contribution in [-0.4, -0.2) is 33.0 Å². The first-order chi connectivity index (χ1) is 17.5. The number of amides is 2. The van der Waals surface area contributed by atoms with Crippen molar-refractivity contribution in [3.05, 3.63) is 105 Å². The predicted molar refractivity (Wildman–Crippen MR) is 139 cm³/mol. The molecule has 0 saturated heterocycles. The van der Waals surface area contributed by atoms with E-state index in [9.17, 15) is 14.4 Å². The van der Waals surface area contributed by atoms with E-state index >= 15 is 0 Å². The first kappa shape index (κ1) is 21.9. The lowest BCUT2D eigenvalue weighted by molar-refractivity contribution is -0.118. The summed E-state index contributed by atoms with van der Waals surface area (Å²) in [6.45, 7) is 1.78. The van der Waals surface area contributed by atoms with Crippen molar-refractivity contribution >= 4 is 45.1 Å². The van der Waals surface area contributed by atoms with Crippen molar-refractivity contribution in [2.24, 2.45) is 0 Å². The van der Waals surface area contributed by atoms with Crippen LogP contribution in [0.15, 0.2) is 83.7 Å². The summed E-state index contributed by atoms with van der Waals surface area (Å²) in [7, 11) is 0. The SMILES string of the molecule is Cc1ccc(NC(=O)CN2C(=O)C(=c3sc4nc(-c5ccccc5)nn4c3=O)c3ccccc32)cc1. The van der Waals surface area contributed by atoms with Gasteiger partial charge in [0, 0.05) is 16.8 Å². The molecule has 1 aliphatic heterocycles. The van der Waals surface area contributed by atoms with Crippen molar-refractivity contribution < 1.29 is 9.59 Å². The van der Waals surface area contributed by atoms with Gasteiger partial charge in [-0.25, -0.2) is 0 Å². The number of para-hydroxylation sites is 1. The van der Waals surface area contributed by atoms with Crippen LogP contribution in [0, 0.1) is 6.92 Å². The molecule has 1 aliphatic rings. The van der Waals surface area contributed by atoms with E-state index in [1.165, 1.54) is 9.42 Å². The van der Waals surface area contributed by atoms with E-state index < -0.39 is 11.5 Å². The number of hydrogen-bond acceptors (Lipinski definition) is 6. The lowest BCUT2D eigenvalue weighted by Gasteiger charge is -2.16. The van der Waals surface area contributed by atoms with Crippen molar-refractivity contribution in [1.29, 1.82) is 0 Å². The van der Waals surface area contributed by atoms with Crippen molar-refractivity contribution in [2.75, 3.05) is 16.8 Å². The highest BCUT2D eigenvalue weighted by molar-refractivity contribution is 7.15.